The number of amides is 1. The minimum Gasteiger partial charge on any atom is -0.497 e. The number of benzene rings is 2. The minimum atomic E-state index is -0.890. The van der Waals surface area contributed by atoms with Crippen molar-refractivity contribution in [1.29, 1.82) is 0 Å². The Labute approximate surface area is 204 Å². The number of carbonyl (C=O) groups excluding carboxylic acids is 2. The molecule has 2 aromatic carbocycles. The van der Waals surface area contributed by atoms with E-state index in [2.05, 4.69) is 5.32 Å². The molecule has 1 N–H and O–H groups in total. The van der Waals surface area contributed by atoms with Crippen molar-refractivity contribution >= 4 is 33.8 Å². The van der Waals surface area contributed by atoms with Crippen LogP contribution in [0.1, 0.15) is 53.0 Å². The van der Waals surface area contributed by atoms with Gasteiger partial charge in [0, 0.05) is 16.3 Å². The van der Waals surface area contributed by atoms with E-state index in [1.54, 1.807) is 58.0 Å². The lowest BCUT2D eigenvalue weighted by molar-refractivity contribution is -0.137. The van der Waals surface area contributed by atoms with Crippen LogP contribution in [0.2, 0.25) is 0 Å². The zero-order chi connectivity index (χ0) is 25.9. The van der Waals surface area contributed by atoms with Gasteiger partial charge in [0.05, 0.1) is 12.5 Å². The minimum absolute atomic E-state index is 0.249. The SMILES string of the molecule is COc1ccc2c(c1)c(=O)oc1c(C)c(OC(=O)[C@@H](CCC(C)C)NC(=O)OC(C)(C)C)ccc12. The van der Waals surface area contributed by atoms with Gasteiger partial charge < -0.3 is 23.9 Å². The fourth-order valence-corrected chi connectivity index (χ4v) is 3.71. The number of ether oxygens (including phenoxy) is 3. The molecule has 0 bridgehead atoms. The molecule has 0 aliphatic heterocycles. The second-order valence-electron chi connectivity index (χ2n) is 9.96. The summed E-state index contributed by atoms with van der Waals surface area (Å²) < 4.78 is 21.8. The van der Waals surface area contributed by atoms with Gasteiger partial charge in [0.1, 0.15) is 28.7 Å². The largest absolute Gasteiger partial charge is 0.497 e. The van der Waals surface area contributed by atoms with Gasteiger partial charge in [-0.2, -0.15) is 0 Å². The van der Waals surface area contributed by atoms with Crippen molar-refractivity contribution in [2.75, 3.05) is 7.11 Å². The molecular weight excluding hydrogens is 450 g/mol. The molecule has 0 saturated carbocycles. The van der Waals surface area contributed by atoms with Crippen LogP contribution in [0.5, 0.6) is 11.5 Å². The predicted molar refractivity (Wildman–Crippen MR) is 134 cm³/mol. The van der Waals surface area contributed by atoms with Crippen molar-refractivity contribution in [3.8, 4) is 11.5 Å². The number of hydrogen-bond donors (Lipinski definition) is 1. The first-order valence-electron chi connectivity index (χ1n) is 11.6. The monoisotopic (exact) mass is 483 g/mol. The number of methoxy groups -OCH3 is 1. The van der Waals surface area contributed by atoms with Crippen LogP contribution in [-0.4, -0.2) is 30.8 Å². The third-order valence-corrected chi connectivity index (χ3v) is 5.51. The predicted octanol–water partition coefficient (Wildman–Crippen LogP) is 5.50. The number of alkyl carbamates (subject to hydrolysis) is 1. The average molecular weight is 484 g/mol. The number of rotatable bonds is 7. The van der Waals surface area contributed by atoms with Crippen molar-refractivity contribution in [2.24, 2.45) is 5.92 Å². The summed E-state index contributed by atoms with van der Waals surface area (Å²) in [6, 6.07) is 7.71. The zero-order valence-electron chi connectivity index (χ0n) is 21.3. The van der Waals surface area contributed by atoms with Crippen LogP contribution >= 0.6 is 0 Å². The fraction of sp³-hybridized carbons (Fsp3) is 0.444. The number of carbonyl (C=O) groups is 2. The Morgan fingerprint density at radius 2 is 1.71 bits per heavy atom. The third-order valence-electron chi connectivity index (χ3n) is 5.51. The first-order chi connectivity index (χ1) is 16.4. The summed E-state index contributed by atoms with van der Waals surface area (Å²) in [4.78, 5) is 38.0. The van der Waals surface area contributed by atoms with Crippen LogP contribution < -0.4 is 20.4 Å². The van der Waals surface area contributed by atoms with Crippen molar-refractivity contribution in [2.45, 2.75) is 66.0 Å². The van der Waals surface area contributed by atoms with E-state index in [-0.39, 0.29) is 5.75 Å². The van der Waals surface area contributed by atoms with Gasteiger partial charge in [0.25, 0.3) is 0 Å². The van der Waals surface area contributed by atoms with E-state index < -0.39 is 29.3 Å². The average Bonchev–Trinajstić information content (AvgIpc) is 2.77. The molecule has 0 aliphatic rings. The van der Waals surface area contributed by atoms with Crippen LogP contribution in [0.25, 0.3) is 21.7 Å². The summed E-state index contributed by atoms with van der Waals surface area (Å²) in [5.74, 6) is 0.511. The standard InChI is InChI=1S/C27H33NO7/c1-15(2)8-12-21(28-26(31)35-27(4,5)6)25(30)33-22-13-11-19-18-10-9-17(32-7)14-20(18)24(29)34-23(19)16(22)3/h9-11,13-15,21H,8,12H2,1-7H3,(H,28,31)/t21-/m1/s1. The molecule has 8 heteroatoms. The lowest BCUT2D eigenvalue weighted by atomic mass is 10.0. The van der Waals surface area contributed by atoms with Crippen LogP contribution in [0.15, 0.2) is 39.5 Å². The highest BCUT2D eigenvalue weighted by Crippen LogP contribution is 2.32. The van der Waals surface area contributed by atoms with Gasteiger partial charge >= 0.3 is 17.7 Å². The van der Waals surface area contributed by atoms with Crippen molar-refractivity contribution in [1.82, 2.24) is 5.32 Å². The summed E-state index contributed by atoms with van der Waals surface area (Å²) >= 11 is 0. The highest BCUT2D eigenvalue weighted by molar-refractivity contribution is 6.06. The molecule has 3 rings (SSSR count). The molecule has 0 unspecified atom stereocenters. The van der Waals surface area contributed by atoms with Gasteiger partial charge in [-0.05, 0) is 76.8 Å². The Balaban J connectivity index is 1.92. The lowest BCUT2D eigenvalue weighted by Crippen LogP contribution is -2.45. The summed E-state index contributed by atoms with van der Waals surface area (Å²) in [7, 11) is 1.53. The summed E-state index contributed by atoms with van der Waals surface area (Å²) in [5.41, 5.74) is -0.378. The Kier molecular flexibility index (Phi) is 7.73. The number of nitrogens with one attached hydrogen (secondary N) is 1. The van der Waals surface area contributed by atoms with Crippen molar-refractivity contribution < 1.29 is 28.2 Å². The maximum atomic E-state index is 13.1. The van der Waals surface area contributed by atoms with E-state index in [4.69, 9.17) is 18.6 Å². The maximum absolute atomic E-state index is 13.1. The van der Waals surface area contributed by atoms with E-state index in [1.807, 2.05) is 13.8 Å². The Hall–Kier alpha value is -3.55. The molecule has 1 amide bonds. The van der Waals surface area contributed by atoms with E-state index in [9.17, 15) is 14.4 Å². The molecule has 0 fully saturated rings. The Bertz CT molecular complexity index is 1300. The summed E-state index contributed by atoms with van der Waals surface area (Å²) in [6.45, 7) is 11.0. The molecule has 3 aromatic rings. The molecule has 35 heavy (non-hydrogen) atoms. The van der Waals surface area contributed by atoms with Crippen LogP contribution in [-0.2, 0) is 9.53 Å². The van der Waals surface area contributed by atoms with Crippen LogP contribution in [0.4, 0.5) is 4.79 Å². The van der Waals surface area contributed by atoms with E-state index in [0.29, 0.717) is 51.8 Å². The van der Waals surface area contributed by atoms with Gasteiger partial charge in [0.15, 0.2) is 0 Å². The second kappa shape index (κ2) is 10.4. The lowest BCUT2D eigenvalue weighted by Gasteiger charge is -2.23. The number of hydrogen-bond acceptors (Lipinski definition) is 7. The van der Waals surface area contributed by atoms with Gasteiger partial charge in [-0.25, -0.2) is 14.4 Å². The highest BCUT2D eigenvalue weighted by atomic mass is 16.6. The van der Waals surface area contributed by atoms with Gasteiger partial charge in [-0.1, -0.05) is 13.8 Å². The Morgan fingerprint density at radius 1 is 1.03 bits per heavy atom. The number of aryl methyl sites for hydroxylation is 1. The van der Waals surface area contributed by atoms with Crippen molar-refractivity contribution in [3.05, 3.63) is 46.3 Å². The molecule has 1 aromatic heterocycles. The topological polar surface area (TPSA) is 104 Å². The van der Waals surface area contributed by atoms with E-state index in [1.165, 1.54) is 7.11 Å². The third kappa shape index (κ3) is 6.32. The molecule has 1 atom stereocenters. The fourth-order valence-electron chi connectivity index (χ4n) is 3.71. The molecule has 0 radical (unpaired) electrons. The molecule has 0 saturated heterocycles. The Morgan fingerprint density at radius 3 is 2.34 bits per heavy atom. The molecule has 1 heterocycles. The summed E-state index contributed by atoms with van der Waals surface area (Å²) in [6.07, 6.45) is 0.409. The van der Waals surface area contributed by atoms with Gasteiger partial charge in [0.2, 0.25) is 0 Å². The van der Waals surface area contributed by atoms with Crippen molar-refractivity contribution in [3.63, 3.8) is 0 Å². The number of fused-ring (bicyclic) bond motifs is 3. The second-order valence-corrected chi connectivity index (χ2v) is 9.96. The maximum Gasteiger partial charge on any atom is 0.408 e. The molecule has 8 nitrogen and oxygen atoms in total. The molecule has 0 aliphatic carbocycles. The van der Waals surface area contributed by atoms with E-state index in [0.717, 1.165) is 0 Å². The van der Waals surface area contributed by atoms with Gasteiger partial charge in [-0.15, -0.1) is 0 Å². The molecular formula is C27H33NO7. The summed E-state index contributed by atoms with van der Waals surface area (Å²) in [5, 5.41) is 4.45. The first kappa shape index (κ1) is 26.1. The number of esters is 1. The first-order valence-corrected chi connectivity index (χ1v) is 11.6. The molecule has 0 spiro atoms. The zero-order valence-corrected chi connectivity index (χ0v) is 21.3. The van der Waals surface area contributed by atoms with Crippen LogP contribution in [0.3, 0.4) is 0 Å². The van der Waals surface area contributed by atoms with Crippen LogP contribution in [0, 0.1) is 12.8 Å². The quantitative estimate of drug-likeness (QED) is 0.205. The normalized spacial score (nSPS) is 12.6. The molecule has 188 valence electrons. The highest BCUT2D eigenvalue weighted by Gasteiger charge is 2.27. The van der Waals surface area contributed by atoms with E-state index >= 15 is 0 Å². The smallest absolute Gasteiger partial charge is 0.408 e. The van der Waals surface area contributed by atoms with Gasteiger partial charge in [-0.3, -0.25) is 0 Å².